The van der Waals surface area contributed by atoms with Crippen molar-refractivity contribution >= 4 is 40.3 Å². The van der Waals surface area contributed by atoms with Gasteiger partial charge in [0.05, 0.1) is 23.2 Å². The lowest BCUT2D eigenvalue weighted by Gasteiger charge is -2.41. The molecule has 3 N–H and O–H groups in total. The Hall–Kier alpha value is -6.04. The summed E-state index contributed by atoms with van der Waals surface area (Å²) in [6, 6.07) is 18.6. The van der Waals surface area contributed by atoms with Gasteiger partial charge >= 0.3 is 0 Å². The Morgan fingerprint density at radius 3 is 2.16 bits per heavy atom. The Balaban J connectivity index is 0.709. The van der Waals surface area contributed by atoms with Gasteiger partial charge in [-0.15, -0.1) is 0 Å². The summed E-state index contributed by atoms with van der Waals surface area (Å²) in [5, 5.41) is 21.6. The fourth-order valence-corrected chi connectivity index (χ4v) is 11.8. The van der Waals surface area contributed by atoms with Crippen LogP contribution in [0.5, 0.6) is 0 Å². The number of piperidine rings is 2. The van der Waals surface area contributed by atoms with Crippen LogP contribution in [0.15, 0.2) is 71.5 Å². The van der Waals surface area contributed by atoms with Gasteiger partial charge in [-0.25, -0.2) is 9.49 Å². The van der Waals surface area contributed by atoms with Gasteiger partial charge in [-0.2, -0.15) is 5.10 Å². The van der Waals surface area contributed by atoms with E-state index in [0.29, 0.717) is 98.8 Å². The summed E-state index contributed by atoms with van der Waals surface area (Å²) >= 11 is 0. The monoisotopic (exact) mass is 1000 g/mol. The number of likely N-dealkylation sites (tertiary alicyclic amines) is 2. The number of H-pyrrole nitrogens is 1. The number of aromatic nitrogens is 2. The van der Waals surface area contributed by atoms with Gasteiger partial charge in [-0.3, -0.25) is 38.6 Å². The van der Waals surface area contributed by atoms with Crippen LogP contribution >= 0.6 is 0 Å². The number of fused-ring (bicyclic) bond motifs is 1. The lowest BCUT2D eigenvalue weighted by Crippen LogP contribution is -2.57. The summed E-state index contributed by atoms with van der Waals surface area (Å²) in [5.41, 5.74) is 1.05. The van der Waals surface area contributed by atoms with Crippen molar-refractivity contribution < 1.29 is 33.5 Å². The molecule has 5 fully saturated rings. The zero-order chi connectivity index (χ0) is 51.2. The van der Waals surface area contributed by atoms with Crippen LogP contribution in [0.25, 0.3) is 10.8 Å². The number of carbonyl (C=O) groups is 5. The first-order valence-corrected chi connectivity index (χ1v) is 26.7. The van der Waals surface area contributed by atoms with Crippen molar-refractivity contribution in [3.8, 4) is 0 Å². The summed E-state index contributed by atoms with van der Waals surface area (Å²) in [6.45, 7) is 11.1. The van der Waals surface area contributed by atoms with E-state index in [4.69, 9.17) is 0 Å². The molecule has 5 amide bonds. The molecule has 9 rings (SSSR count). The number of nitrogens with one attached hydrogen (secondary N) is 2. The van der Waals surface area contributed by atoms with Gasteiger partial charge in [-0.05, 0) is 119 Å². The molecule has 1 saturated carbocycles. The van der Waals surface area contributed by atoms with Crippen molar-refractivity contribution in [1.29, 1.82) is 0 Å². The number of amides is 5. The minimum atomic E-state index is -1.44. The van der Waals surface area contributed by atoms with Gasteiger partial charge in [0, 0.05) is 95.3 Å². The van der Waals surface area contributed by atoms with E-state index in [2.05, 4.69) is 25.3 Å². The number of nitrogens with zero attached hydrogens (tertiary/aromatic N) is 7. The highest BCUT2D eigenvalue weighted by Crippen LogP contribution is 2.31. The molecule has 16 nitrogen and oxygen atoms in total. The first-order chi connectivity index (χ1) is 35.2. The number of rotatable bonds is 13. The molecule has 1 aliphatic carbocycles. The molecule has 73 heavy (non-hydrogen) atoms. The number of benzene rings is 3. The third kappa shape index (κ3) is 12.5. The minimum absolute atomic E-state index is 0.00128. The SMILES string of the molecule is CC(C)(O)C(=O)N1CCCC(c2cccc(C(=O)N[C@@H](C(=O)N3CCN(CC4CCN(CC(=O)N5CCN(C(=O)c6cc(Cc7n[nH]c(=O)c8ccccc78)ccc6F)CC5)CC4)CC3)C3CCCCC3)c2)C1. The van der Waals surface area contributed by atoms with Gasteiger partial charge in [0.2, 0.25) is 11.8 Å². The van der Waals surface area contributed by atoms with Crippen LogP contribution in [0, 0.1) is 17.7 Å². The Labute approximate surface area is 427 Å². The zero-order valence-electron chi connectivity index (χ0n) is 42.5. The lowest BCUT2D eigenvalue weighted by molar-refractivity contribution is -0.149. The summed E-state index contributed by atoms with van der Waals surface area (Å²) in [4.78, 5) is 92.4. The molecule has 3 aromatic carbocycles. The summed E-state index contributed by atoms with van der Waals surface area (Å²) in [6.07, 6.45) is 8.99. The molecule has 4 aromatic rings. The van der Waals surface area contributed by atoms with Gasteiger partial charge in [0.1, 0.15) is 17.5 Å². The molecule has 1 unspecified atom stereocenters. The van der Waals surface area contributed by atoms with E-state index >= 15 is 4.39 Å². The van der Waals surface area contributed by atoms with Crippen LogP contribution in [-0.4, -0.2) is 178 Å². The average molecular weight is 1000 g/mol. The molecule has 17 heteroatoms. The number of aliphatic hydroxyl groups is 1. The van der Waals surface area contributed by atoms with Crippen LogP contribution in [0.4, 0.5) is 4.39 Å². The van der Waals surface area contributed by atoms with Gasteiger partial charge in [-0.1, -0.05) is 55.7 Å². The zero-order valence-corrected chi connectivity index (χ0v) is 42.5. The summed E-state index contributed by atoms with van der Waals surface area (Å²) in [5.74, 6) is -0.917. The van der Waals surface area contributed by atoms with E-state index < -0.39 is 23.4 Å². The Morgan fingerprint density at radius 1 is 0.740 bits per heavy atom. The van der Waals surface area contributed by atoms with E-state index in [0.717, 1.165) is 96.1 Å². The number of hydrogen-bond donors (Lipinski definition) is 3. The van der Waals surface area contributed by atoms with E-state index in [1.165, 1.54) is 19.9 Å². The van der Waals surface area contributed by atoms with E-state index in [9.17, 15) is 33.9 Å². The predicted molar refractivity (Wildman–Crippen MR) is 275 cm³/mol. The number of carbonyl (C=O) groups excluding carboxylic acids is 5. The van der Waals surface area contributed by atoms with Crippen LogP contribution in [0.1, 0.15) is 115 Å². The van der Waals surface area contributed by atoms with Crippen LogP contribution in [0.2, 0.25) is 0 Å². The third-order valence-electron chi connectivity index (χ3n) is 16.1. The Kier molecular flexibility index (Phi) is 16.3. The maximum atomic E-state index is 15.1. The average Bonchev–Trinajstić information content (AvgIpc) is 3.41. The van der Waals surface area contributed by atoms with Crippen molar-refractivity contribution in [2.24, 2.45) is 11.8 Å². The number of aromatic amines is 1. The topological polar surface area (TPSA) is 183 Å². The number of hydrogen-bond acceptors (Lipinski definition) is 10. The summed E-state index contributed by atoms with van der Waals surface area (Å²) < 4.78 is 15.1. The second-order valence-electron chi connectivity index (χ2n) is 21.7. The van der Waals surface area contributed by atoms with Crippen molar-refractivity contribution in [3.05, 3.63) is 111 Å². The molecule has 0 bridgehead atoms. The molecule has 4 aliphatic heterocycles. The fourth-order valence-electron chi connectivity index (χ4n) is 11.8. The summed E-state index contributed by atoms with van der Waals surface area (Å²) in [7, 11) is 0. The Morgan fingerprint density at radius 2 is 1.44 bits per heavy atom. The van der Waals surface area contributed by atoms with Crippen molar-refractivity contribution in [2.75, 3.05) is 91.6 Å². The quantitative estimate of drug-likeness (QED) is 0.171. The predicted octanol–water partition coefficient (Wildman–Crippen LogP) is 4.65. The highest BCUT2D eigenvalue weighted by molar-refractivity contribution is 5.98. The minimum Gasteiger partial charge on any atom is -0.381 e. The third-order valence-corrected chi connectivity index (χ3v) is 16.1. The first kappa shape index (κ1) is 51.8. The van der Waals surface area contributed by atoms with Gasteiger partial charge < -0.3 is 30.0 Å². The normalized spacial score (nSPS) is 20.5. The second-order valence-corrected chi connectivity index (χ2v) is 21.7. The van der Waals surface area contributed by atoms with Crippen LogP contribution < -0.4 is 10.9 Å². The van der Waals surface area contributed by atoms with E-state index in [-0.39, 0.29) is 46.6 Å². The molecule has 0 radical (unpaired) electrons. The van der Waals surface area contributed by atoms with E-state index in [1.54, 1.807) is 45.0 Å². The smallest absolute Gasteiger partial charge is 0.272 e. The largest absolute Gasteiger partial charge is 0.381 e. The van der Waals surface area contributed by atoms with Crippen LogP contribution in [-0.2, 0) is 20.8 Å². The fraction of sp³-hybridized carbons (Fsp3) is 0.554. The Bertz CT molecular complexity index is 2700. The molecule has 1 aromatic heterocycles. The molecule has 4 saturated heterocycles. The molecule has 390 valence electrons. The first-order valence-electron chi connectivity index (χ1n) is 26.7. The molecule has 0 spiro atoms. The molecule has 2 atom stereocenters. The molecular formula is C56H72FN9O7. The van der Waals surface area contributed by atoms with Gasteiger partial charge in [0.25, 0.3) is 23.3 Å². The maximum absolute atomic E-state index is 15.1. The highest BCUT2D eigenvalue weighted by Gasteiger charge is 2.37. The van der Waals surface area contributed by atoms with Crippen molar-refractivity contribution in [1.82, 2.24) is 44.9 Å². The number of piperazine rings is 2. The van der Waals surface area contributed by atoms with Gasteiger partial charge in [0.15, 0.2) is 0 Å². The second kappa shape index (κ2) is 23.0. The van der Waals surface area contributed by atoms with Crippen LogP contribution in [0.3, 0.4) is 0 Å². The molecule has 5 aliphatic rings. The standard InChI is InChI=1S/C56H72FN9O7/c1-56(2,73)55(72)66-21-9-14-43(36-66)41-12-8-13-42(34-41)51(68)58-50(40-10-4-3-5-11-40)54(71)65-26-24-62(25-27-65)35-38-19-22-61(23-20-38)37-49(67)63-28-30-64(31-29-63)53(70)46-32-39(17-18-47(46)57)33-48-44-15-6-7-16-45(44)52(69)60-59-48/h6-8,12-13,15-18,32,34,38,40,43,50,73H,3-5,9-11,14,19-31,33,35-37H2,1-2H3,(H,58,68)(H,60,69)/t43?,50-/m1/s1. The van der Waals surface area contributed by atoms with Crippen molar-refractivity contribution in [2.45, 2.75) is 95.6 Å². The molecule has 5 heterocycles. The van der Waals surface area contributed by atoms with Crippen molar-refractivity contribution in [3.63, 3.8) is 0 Å². The number of halogens is 1. The maximum Gasteiger partial charge on any atom is 0.272 e. The lowest BCUT2D eigenvalue weighted by atomic mass is 9.83. The van der Waals surface area contributed by atoms with E-state index in [1.807, 2.05) is 35.2 Å². The highest BCUT2D eigenvalue weighted by atomic mass is 19.1. The molecular weight excluding hydrogens is 930 g/mol.